The maximum absolute atomic E-state index is 10.1. The molecule has 0 saturated heterocycles. The van der Waals surface area contributed by atoms with Gasteiger partial charge in [-0.2, -0.15) is 0 Å². The lowest BCUT2D eigenvalue weighted by atomic mass is 9.62. The van der Waals surface area contributed by atoms with Crippen molar-refractivity contribution < 1.29 is 20.1 Å². The van der Waals surface area contributed by atoms with E-state index in [-0.39, 0.29) is 5.41 Å². The van der Waals surface area contributed by atoms with Gasteiger partial charge in [-0.1, -0.05) is 55.5 Å². The van der Waals surface area contributed by atoms with Crippen LogP contribution in [-0.4, -0.2) is 46.3 Å². The SMILES string of the molecule is C=C(/C=C/COCC(C)(C)O)[C@H]1CC[C@H]2/C(=C/C=C3/C[C@@H](O)C[C@H](O)C3=C)CCC[C@]12C. The van der Waals surface area contributed by atoms with Gasteiger partial charge >= 0.3 is 0 Å². The van der Waals surface area contributed by atoms with E-state index in [4.69, 9.17) is 4.74 Å². The minimum atomic E-state index is -0.808. The maximum Gasteiger partial charge on any atom is 0.0824 e. The van der Waals surface area contributed by atoms with E-state index in [0.29, 0.717) is 37.9 Å². The first kappa shape index (κ1) is 25.2. The molecule has 0 aromatic heterocycles. The number of fused-ring (bicyclic) bond motifs is 1. The molecular weight excluding hydrogens is 400 g/mol. The Bertz CT molecular complexity index is 797. The molecule has 3 aliphatic rings. The fourth-order valence-corrected chi connectivity index (χ4v) is 6.01. The zero-order chi connectivity index (χ0) is 23.5. The highest BCUT2D eigenvalue weighted by Crippen LogP contribution is 2.59. The van der Waals surface area contributed by atoms with Crippen LogP contribution >= 0.6 is 0 Å². The topological polar surface area (TPSA) is 69.9 Å². The normalized spacial score (nSPS) is 36.2. The highest BCUT2D eigenvalue weighted by molar-refractivity contribution is 5.39. The molecule has 3 saturated carbocycles. The maximum atomic E-state index is 10.1. The Balaban J connectivity index is 1.67. The molecule has 5 atom stereocenters. The first-order chi connectivity index (χ1) is 15.0. The van der Waals surface area contributed by atoms with Crippen molar-refractivity contribution in [2.24, 2.45) is 17.3 Å². The second-order valence-corrected chi connectivity index (χ2v) is 10.9. The van der Waals surface area contributed by atoms with E-state index in [1.807, 2.05) is 6.08 Å². The number of allylic oxidation sites excluding steroid dienone is 5. The smallest absolute Gasteiger partial charge is 0.0824 e. The van der Waals surface area contributed by atoms with Crippen LogP contribution in [0.25, 0.3) is 0 Å². The average molecular weight is 443 g/mol. The summed E-state index contributed by atoms with van der Waals surface area (Å²) in [5.74, 6) is 1.00. The number of hydrogen-bond donors (Lipinski definition) is 3. The van der Waals surface area contributed by atoms with Gasteiger partial charge in [-0.3, -0.25) is 0 Å². The number of aliphatic hydroxyl groups excluding tert-OH is 2. The summed E-state index contributed by atoms with van der Waals surface area (Å²) in [5.41, 5.74) is 3.79. The molecule has 3 rings (SSSR count). The van der Waals surface area contributed by atoms with Crippen LogP contribution < -0.4 is 0 Å². The van der Waals surface area contributed by atoms with E-state index in [1.165, 1.54) is 30.4 Å². The summed E-state index contributed by atoms with van der Waals surface area (Å²) in [6, 6.07) is 0. The quantitative estimate of drug-likeness (QED) is 0.382. The van der Waals surface area contributed by atoms with Crippen LogP contribution in [0.15, 0.2) is 59.8 Å². The summed E-state index contributed by atoms with van der Waals surface area (Å²) >= 11 is 0. The van der Waals surface area contributed by atoms with Crippen molar-refractivity contribution in [2.45, 2.75) is 83.5 Å². The van der Waals surface area contributed by atoms with Gasteiger partial charge in [0, 0.05) is 6.42 Å². The second-order valence-electron chi connectivity index (χ2n) is 10.9. The van der Waals surface area contributed by atoms with Gasteiger partial charge < -0.3 is 20.1 Å². The molecular formula is C28H42O4. The Hall–Kier alpha value is -1.46. The first-order valence-corrected chi connectivity index (χ1v) is 12.1. The van der Waals surface area contributed by atoms with Crippen LogP contribution in [0.1, 0.15) is 65.7 Å². The Labute approximate surface area is 194 Å². The predicted octanol–water partition coefficient (Wildman–Crippen LogP) is 5.03. The van der Waals surface area contributed by atoms with Crippen LogP contribution in [0.2, 0.25) is 0 Å². The van der Waals surface area contributed by atoms with E-state index in [1.54, 1.807) is 13.8 Å². The Morgan fingerprint density at radius 2 is 2.00 bits per heavy atom. The van der Waals surface area contributed by atoms with Crippen LogP contribution in [0.4, 0.5) is 0 Å². The molecule has 0 aromatic carbocycles. The fraction of sp³-hybridized carbons (Fsp3) is 0.643. The standard InChI is InChI=1S/C28H42O4/c1-19(8-7-15-32-18-27(3,4)31)24-12-13-25-21(9-6-14-28(24,25)5)10-11-22-16-23(29)17-26(30)20(22)2/h7-8,10-11,23-26,29-31H,1-2,6,9,12-18H2,3-5H3/b8-7+,21-10+,22-11-/t23-,24-,25+,26+,28-/m1/s1. The molecule has 32 heavy (non-hydrogen) atoms. The van der Waals surface area contributed by atoms with Crippen LogP contribution in [0.3, 0.4) is 0 Å². The minimum absolute atomic E-state index is 0.209. The van der Waals surface area contributed by atoms with Gasteiger partial charge in [0.25, 0.3) is 0 Å². The van der Waals surface area contributed by atoms with Gasteiger partial charge in [0.1, 0.15) is 0 Å². The third kappa shape index (κ3) is 5.91. The molecule has 0 unspecified atom stereocenters. The molecule has 0 radical (unpaired) electrons. The van der Waals surface area contributed by atoms with E-state index in [0.717, 1.165) is 24.0 Å². The monoisotopic (exact) mass is 442 g/mol. The van der Waals surface area contributed by atoms with Gasteiger partial charge in [-0.05, 0) is 80.8 Å². The van der Waals surface area contributed by atoms with Crippen LogP contribution in [-0.2, 0) is 4.74 Å². The van der Waals surface area contributed by atoms with Gasteiger partial charge in [0.2, 0.25) is 0 Å². The minimum Gasteiger partial charge on any atom is -0.393 e. The van der Waals surface area contributed by atoms with E-state index in [9.17, 15) is 15.3 Å². The molecule has 0 amide bonds. The molecule has 0 bridgehead atoms. The van der Waals surface area contributed by atoms with Gasteiger partial charge in [-0.25, -0.2) is 0 Å². The first-order valence-electron chi connectivity index (χ1n) is 12.1. The van der Waals surface area contributed by atoms with Crippen LogP contribution in [0.5, 0.6) is 0 Å². The number of rotatable bonds is 7. The number of hydrogen-bond acceptors (Lipinski definition) is 4. The van der Waals surface area contributed by atoms with Crippen molar-refractivity contribution in [3.05, 3.63) is 59.8 Å². The molecule has 3 fully saturated rings. The van der Waals surface area contributed by atoms with E-state index >= 15 is 0 Å². The number of aliphatic hydroxyl groups is 3. The van der Waals surface area contributed by atoms with Crippen molar-refractivity contribution in [3.63, 3.8) is 0 Å². The van der Waals surface area contributed by atoms with Crippen molar-refractivity contribution >= 4 is 0 Å². The lowest BCUT2D eigenvalue weighted by Gasteiger charge is -2.42. The Morgan fingerprint density at radius 3 is 2.72 bits per heavy atom. The summed E-state index contributed by atoms with van der Waals surface area (Å²) in [5, 5.41) is 29.9. The van der Waals surface area contributed by atoms with Crippen molar-refractivity contribution in [1.29, 1.82) is 0 Å². The molecule has 0 spiro atoms. The summed E-state index contributed by atoms with van der Waals surface area (Å²) in [6.45, 7) is 15.2. The lowest BCUT2D eigenvalue weighted by Crippen LogP contribution is -2.33. The second kappa shape index (κ2) is 10.2. The van der Waals surface area contributed by atoms with Gasteiger partial charge in [0.05, 0.1) is 31.0 Å². The average Bonchev–Trinajstić information content (AvgIpc) is 3.06. The molecule has 0 aliphatic heterocycles. The highest BCUT2D eigenvalue weighted by Gasteiger charge is 2.49. The Kier molecular flexibility index (Phi) is 8.03. The fourth-order valence-electron chi connectivity index (χ4n) is 6.01. The molecule has 3 aliphatic carbocycles. The highest BCUT2D eigenvalue weighted by atomic mass is 16.5. The van der Waals surface area contributed by atoms with Gasteiger partial charge in [-0.15, -0.1) is 0 Å². The van der Waals surface area contributed by atoms with Crippen LogP contribution in [0, 0.1) is 17.3 Å². The van der Waals surface area contributed by atoms with Crippen molar-refractivity contribution in [1.82, 2.24) is 0 Å². The molecule has 178 valence electrons. The lowest BCUT2D eigenvalue weighted by molar-refractivity contribution is -0.0124. The Morgan fingerprint density at radius 1 is 1.25 bits per heavy atom. The van der Waals surface area contributed by atoms with Crippen molar-refractivity contribution in [2.75, 3.05) is 13.2 Å². The van der Waals surface area contributed by atoms with E-state index < -0.39 is 17.8 Å². The molecule has 3 N–H and O–H groups in total. The summed E-state index contributed by atoms with van der Waals surface area (Å²) in [6.07, 6.45) is 14.1. The predicted molar refractivity (Wildman–Crippen MR) is 130 cm³/mol. The third-order valence-corrected chi connectivity index (χ3v) is 7.68. The number of ether oxygens (including phenoxy) is 1. The molecule has 4 heteroatoms. The zero-order valence-corrected chi connectivity index (χ0v) is 20.1. The summed E-state index contributed by atoms with van der Waals surface area (Å²) in [4.78, 5) is 0. The molecule has 0 aromatic rings. The third-order valence-electron chi connectivity index (χ3n) is 7.68. The molecule has 0 heterocycles. The largest absolute Gasteiger partial charge is 0.393 e. The molecule has 4 nitrogen and oxygen atoms in total. The van der Waals surface area contributed by atoms with Gasteiger partial charge in [0.15, 0.2) is 0 Å². The van der Waals surface area contributed by atoms with E-state index in [2.05, 4.69) is 38.3 Å². The van der Waals surface area contributed by atoms with Crippen molar-refractivity contribution in [3.8, 4) is 0 Å². The zero-order valence-electron chi connectivity index (χ0n) is 20.1. The summed E-state index contributed by atoms with van der Waals surface area (Å²) < 4.78 is 5.54. The summed E-state index contributed by atoms with van der Waals surface area (Å²) in [7, 11) is 0.